The van der Waals surface area contributed by atoms with Crippen LogP contribution >= 0.6 is 0 Å². The minimum atomic E-state index is -0.559. The molecule has 120 valence electrons. The number of aliphatic hydroxyl groups is 1. The van der Waals surface area contributed by atoms with Gasteiger partial charge in [0.05, 0.1) is 26.0 Å². The number of benzene rings is 2. The first-order valence-corrected chi connectivity index (χ1v) is 7.46. The summed E-state index contributed by atoms with van der Waals surface area (Å²) in [5, 5.41) is 10.2. The van der Waals surface area contributed by atoms with Crippen molar-refractivity contribution < 1.29 is 19.4 Å². The van der Waals surface area contributed by atoms with Gasteiger partial charge in [-0.1, -0.05) is 6.07 Å². The predicted octanol–water partition coefficient (Wildman–Crippen LogP) is 2.79. The van der Waals surface area contributed by atoms with Gasteiger partial charge in [-0.3, -0.25) is 4.79 Å². The van der Waals surface area contributed by atoms with Crippen LogP contribution in [-0.2, 0) is 0 Å². The third-order valence-electron chi connectivity index (χ3n) is 4.10. The van der Waals surface area contributed by atoms with E-state index in [4.69, 9.17) is 9.47 Å². The molecule has 5 heteroatoms. The Morgan fingerprint density at radius 2 is 1.74 bits per heavy atom. The molecule has 0 bridgehead atoms. The van der Waals surface area contributed by atoms with Gasteiger partial charge in [0.25, 0.3) is 5.91 Å². The second-order valence-corrected chi connectivity index (χ2v) is 5.41. The largest absolute Gasteiger partial charge is 0.497 e. The van der Waals surface area contributed by atoms with E-state index in [1.165, 1.54) is 0 Å². The molecule has 1 N–H and O–H groups in total. The van der Waals surface area contributed by atoms with Crippen molar-refractivity contribution in [1.82, 2.24) is 0 Å². The molecular weight excluding hydrogens is 294 g/mol. The monoisotopic (exact) mass is 313 g/mol. The predicted molar refractivity (Wildman–Crippen MR) is 87.2 cm³/mol. The second kappa shape index (κ2) is 6.30. The van der Waals surface area contributed by atoms with E-state index in [1.807, 2.05) is 6.07 Å². The van der Waals surface area contributed by atoms with Gasteiger partial charge < -0.3 is 19.5 Å². The highest BCUT2D eigenvalue weighted by molar-refractivity contribution is 6.07. The molecule has 0 radical (unpaired) electrons. The van der Waals surface area contributed by atoms with Crippen molar-refractivity contribution >= 4 is 11.6 Å². The summed E-state index contributed by atoms with van der Waals surface area (Å²) in [4.78, 5) is 14.5. The lowest BCUT2D eigenvalue weighted by atomic mass is 9.97. The summed E-state index contributed by atoms with van der Waals surface area (Å²) in [5.74, 6) is 1.26. The molecule has 2 aromatic rings. The number of hydrogen-bond donors (Lipinski definition) is 1. The third-order valence-corrected chi connectivity index (χ3v) is 4.10. The van der Waals surface area contributed by atoms with Crippen LogP contribution in [0.1, 0.15) is 28.4 Å². The third kappa shape index (κ3) is 2.87. The van der Waals surface area contributed by atoms with E-state index in [1.54, 1.807) is 55.5 Å². The van der Waals surface area contributed by atoms with E-state index in [-0.39, 0.29) is 5.91 Å². The van der Waals surface area contributed by atoms with Gasteiger partial charge in [-0.2, -0.15) is 0 Å². The topological polar surface area (TPSA) is 59.0 Å². The highest BCUT2D eigenvalue weighted by Crippen LogP contribution is 2.37. The smallest absolute Gasteiger partial charge is 0.258 e. The molecule has 5 nitrogen and oxygen atoms in total. The van der Waals surface area contributed by atoms with Crippen LogP contribution in [0.15, 0.2) is 42.5 Å². The lowest BCUT2D eigenvalue weighted by molar-refractivity contribution is 0.0970. The molecular formula is C18H19NO4. The van der Waals surface area contributed by atoms with Crippen LogP contribution in [-0.4, -0.2) is 31.8 Å². The average molecular weight is 313 g/mol. The zero-order chi connectivity index (χ0) is 16.4. The van der Waals surface area contributed by atoms with Gasteiger partial charge in [-0.25, -0.2) is 0 Å². The summed E-state index contributed by atoms with van der Waals surface area (Å²) in [5.41, 5.74) is 2.03. The van der Waals surface area contributed by atoms with E-state index in [2.05, 4.69) is 0 Å². The van der Waals surface area contributed by atoms with Crippen molar-refractivity contribution in [3.8, 4) is 11.5 Å². The van der Waals surface area contributed by atoms with Gasteiger partial charge in [-0.15, -0.1) is 0 Å². The number of fused-ring (bicyclic) bond motifs is 1. The number of carbonyl (C=O) groups excluding carboxylic acids is 1. The lowest BCUT2D eigenvalue weighted by Crippen LogP contribution is -2.36. The second-order valence-electron chi connectivity index (χ2n) is 5.41. The number of methoxy groups -OCH3 is 2. The van der Waals surface area contributed by atoms with Crippen LogP contribution in [0.5, 0.6) is 11.5 Å². The number of amides is 1. The fourth-order valence-electron chi connectivity index (χ4n) is 2.79. The van der Waals surface area contributed by atoms with Gasteiger partial charge in [0.2, 0.25) is 0 Å². The molecule has 1 unspecified atom stereocenters. The molecule has 0 aromatic heterocycles. The number of aliphatic hydroxyl groups excluding tert-OH is 1. The van der Waals surface area contributed by atoms with Crippen molar-refractivity contribution in [2.45, 2.75) is 12.5 Å². The van der Waals surface area contributed by atoms with Gasteiger partial charge >= 0.3 is 0 Å². The Hall–Kier alpha value is -2.53. The Morgan fingerprint density at radius 1 is 1.09 bits per heavy atom. The molecule has 0 spiro atoms. The Kier molecular flexibility index (Phi) is 4.21. The number of ether oxygens (including phenoxy) is 2. The Bertz CT molecular complexity index is 711. The van der Waals surface area contributed by atoms with Crippen LogP contribution in [0, 0.1) is 0 Å². The summed E-state index contributed by atoms with van der Waals surface area (Å²) in [6, 6.07) is 12.4. The van der Waals surface area contributed by atoms with E-state index in [9.17, 15) is 9.90 Å². The van der Waals surface area contributed by atoms with Gasteiger partial charge in [0.15, 0.2) is 0 Å². The normalized spacial score (nSPS) is 16.7. The van der Waals surface area contributed by atoms with Crippen molar-refractivity contribution in [2.75, 3.05) is 25.7 Å². The Balaban J connectivity index is 1.96. The molecule has 0 aliphatic carbocycles. The van der Waals surface area contributed by atoms with Gasteiger partial charge in [0.1, 0.15) is 11.5 Å². The molecule has 2 aromatic carbocycles. The molecule has 3 rings (SSSR count). The highest BCUT2D eigenvalue weighted by atomic mass is 16.5. The van der Waals surface area contributed by atoms with Crippen molar-refractivity contribution in [2.24, 2.45) is 0 Å². The van der Waals surface area contributed by atoms with Gasteiger partial charge in [-0.05, 0) is 36.8 Å². The summed E-state index contributed by atoms with van der Waals surface area (Å²) in [6.07, 6.45) is -0.0443. The fourth-order valence-corrected chi connectivity index (χ4v) is 2.79. The summed E-state index contributed by atoms with van der Waals surface area (Å²) < 4.78 is 10.4. The van der Waals surface area contributed by atoms with E-state index in [0.717, 1.165) is 5.56 Å². The standard InChI is InChI=1S/C18H19NO4/c1-22-13-5-3-12(4-6-13)18(21)19-10-9-17(20)15-8-7-14(23-2)11-16(15)19/h3-8,11,17,20H,9-10H2,1-2H3. The Morgan fingerprint density at radius 3 is 2.39 bits per heavy atom. The van der Waals surface area contributed by atoms with Crippen LogP contribution in [0.3, 0.4) is 0 Å². The zero-order valence-corrected chi connectivity index (χ0v) is 13.2. The number of hydrogen-bond acceptors (Lipinski definition) is 4. The first kappa shape index (κ1) is 15.4. The minimum Gasteiger partial charge on any atom is -0.497 e. The SMILES string of the molecule is COc1ccc(C(=O)N2CCC(O)c3ccc(OC)cc32)cc1. The highest BCUT2D eigenvalue weighted by Gasteiger charge is 2.28. The number of anilines is 1. The van der Waals surface area contributed by atoms with Crippen LogP contribution in [0.25, 0.3) is 0 Å². The number of rotatable bonds is 3. The van der Waals surface area contributed by atoms with Crippen LogP contribution in [0.4, 0.5) is 5.69 Å². The molecule has 0 saturated heterocycles. The zero-order valence-electron chi connectivity index (χ0n) is 13.2. The maximum Gasteiger partial charge on any atom is 0.258 e. The first-order chi connectivity index (χ1) is 11.1. The van der Waals surface area contributed by atoms with E-state index < -0.39 is 6.10 Å². The van der Waals surface area contributed by atoms with Crippen molar-refractivity contribution in [3.63, 3.8) is 0 Å². The van der Waals surface area contributed by atoms with Crippen LogP contribution < -0.4 is 14.4 Å². The molecule has 23 heavy (non-hydrogen) atoms. The summed E-state index contributed by atoms with van der Waals surface area (Å²) in [7, 11) is 3.17. The maximum atomic E-state index is 12.8. The molecule has 0 fully saturated rings. The molecule has 1 aliphatic heterocycles. The molecule has 1 atom stereocenters. The summed E-state index contributed by atoms with van der Waals surface area (Å²) in [6.45, 7) is 0.464. The van der Waals surface area contributed by atoms with Crippen molar-refractivity contribution in [3.05, 3.63) is 53.6 Å². The van der Waals surface area contributed by atoms with Gasteiger partial charge in [0, 0.05) is 23.7 Å². The molecule has 1 heterocycles. The number of nitrogens with zero attached hydrogens (tertiary/aromatic N) is 1. The first-order valence-electron chi connectivity index (χ1n) is 7.46. The fraction of sp³-hybridized carbons (Fsp3) is 0.278. The Labute approximate surface area is 135 Å². The summed E-state index contributed by atoms with van der Waals surface area (Å²) >= 11 is 0. The average Bonchev–Trinajstić information content (AvgIpc) is 2.61. The van der Waals surface area contributed by atoms with Crippen molar-refractivity contribution in [1.29, 1.82) is 0 Å². The lowest BCUT2D eigenvalue weighted by Gasteiger charge is -2.32. The minimum absolute atomic E-state index is 0.103. The maximum absolute atomic E-state index is 12.8. The molecule has 0 saturated carbocycles. The quantitative estimate of drug-likeness (QED) is 0.946. The number of carbonyl (C=O) groups is 1. The van der Waals surface area contributed by atoms with E-state index in [0.29, 0.717) is 35.7 Å². The molecule has 1 aliphatic rings. The van der Waals surface area contributed by atoms with E-state index >= 15 is 0 Å². The van der Waals surface area contributed by atoms with Crippen LogP contribution in [0.2, 0.25) is 0 Å². The molecule has 1 amide bonds.